The molecule has 142 valence electrons. The molecule has 1 aromatic carbocycles. The van der Waals surface area contributed by atoms with Gasteiger partial charge in [0.05, 0.1) is 18.6 Å². The van der Waals surface area contributed by atoms with Gasteiger partial charge in [0.25, 0.3) is 0 Å². The normalized spacial score (nSPS) is 27.0. The summed E-state index contributed by atoms with van der Waals surface area (Å²) in [7, 11) is 1.68. The fourth-order valence-electron chi connectivity index (χ4n) is 5.41. The molecule has 26 heavy (non-hydrogen) atoms. The van der Waals surface area contributed by atoms with Crippen molar-refractivity contribution in [2.45, 2.75) is 69.3 Å². The summed E-state index contributed by atoms with van der Waals surface area (Å²) in [6.45, 7) is 1.60. The smallest absolute Gasteiger partial charge is 0.233 e. The van der Waals surface area contributed by atoms with Crippen LogP contribution in [-0.2, 0) is 10.2 Å². The average molecular weight is 357 g/mol. The van der Waals surface area contributed by atoms with Crippen molar-refractivity contribution in [3.63, 3.8) is 0 Å². The quantitative estimate of drug-likeness (QED) is 0.898. The number of hydrogen-bond donors (Lipinski definition) is 1. The minimum Gasteiger partial charge on any atom is -0.497 e. The van der Waals surface area contributed by atoms with E-state index in [0.717, 1.165) is 75.8 Å². The summed E-state index contributed by atoms with van der Waals surface area (Å²) >= 11 is 0. The predicted octanol–water partition coefficient (Wildman–Crippen LogP) is 3.66. The van der Waals surface area contributed by atoms with Crippen LogP contribution < -0.4 is 4.74 Å². The Morgan fingerprint density at radius 3 is 2.19 bits per heavy atom. The maximum Gasteiger partial charge on any atom is 0.233 e. The Balaban J connectivity index is 1.55. The van der Waals surface area contributed by atoms with Gasteiger partial charge in [-0.3, -0.25) is 4.79 Å². The molecule has 2 aliphatic carbocycles. The van der Waals surface area contributed by atoms with Crippen LogP contribution >= 0.6 is 0 Å². The number of carbonyl (C=O) groups is 1. The first-order chi connectivity index (χ1) is 12.6. The van der Waals surface area contributed by atoms with Crippen molar-refractivity contribution in [3.8, 4) is 5.75 Å². The predicted molar refractivity (Wildman–Crippen MR) is 101 cm³/mol. The molecular formula is C22H31NO3. The number of aliphatic hydroxyl groups excluding tert-OH is 1. The molecule has 2 saturated carbocycles. The van der Waals surface area contributed by atoms with Gasteiger partial charge in [-0.05, 0) is 61.6 Å². The summed E-state index contributed by atoms with van der Waals surface area (Å²) < 4.78 is 5.30. The first-order valence-electron chi connectivity index (χ1n) is 10.2. The Morgan fingerprint density at radius 2 is 1.69 bits per heavy atom. The maximum atomic E-state index is 13.7. The topological polar surface area (TPSA) is 49.8 Å². The van der Waals surface area contributed by atoms with Gasteiger partial charge in [0.15, 0.2) is 0 Å². The summed E-state index contributed by atoms with van der Waals surface area (Å²) in [5, 5.41) is 10.2. The Kier molecular flexibility index (Phi) is 4.72. The second-order valence-electron chi connectivity index (χ2n) is 8.58. The zero-order chi connectivity index (χ0) is 18.2. The number of nitrogens with zero attached hydrogens (tertiary/aromatic N) is 1. The molecule has 0 aromatic heterocycles. The molecule has 0 bridgehead atoms. The van der Waals surface area contributed by atoms with Gasteiger partial charge in [-0.25, -0.2) is 0 Å². The lowest BCUT2D eigenvalue weighted by atomic mass is 9.60. The molecule has 4 heteroatoms. The van der Waals surface area contributed by atoms with Crippen LogP contribution in [0.1, 0.15) is 63.4 Å². The van der Waals surface area contributed by atoms with Crippen molar-refractivity contribution >= 4 is 5.91 Å². The van der Waals surface area contributed by atoms with E-state index in [1.54, 1.807) is 7.11 Å². The molecule has 1 heterocycles. The van der Waals surface area contributed by atoms with E-state index in [-0.39, 0.29) is 16.9 Å². The highest BCUT2D eigenvalue weighted by Crippen LogP contribution is 2.50. The van der Waals surface area contributed by atoms with Crippen LogP contribution in [0.15, 0.2) is 24.3 Å². The summed E-state index contributed by atoms with van der Waals surface area (Å²) in [6, 6.07) is 8.14. The zero-order valence-corrected chi connectivity index (χ0v) is 15.9. The van der Waals surface area contributed by atoms with Crippen molar-refractivity contribution in [2.24, 2.45) is 5.41 Å². The van der Waals surface area contributed by atoms with Gasteiger partial charge in [-0.15, -0.1) is 0 Å². The highest BCUT2D eigenvalue weighted by atomic mass is 16.5. The number of ether oxygens (including phenoxy) is 1. The number of piperidine rings is 1. The lowest BCUT2D eigenvalue weighted by molar-refractivity contribution is -0.148. The molecule has 0 radical (unpaired) electrons. The van der Waals surface area contributed by atoms with E-state index in [0.29, 0.717) is 5.91 Å². The van der Waals surface area contributed by atoms with E-state index < -0.39 is 0 Å². The molecule has 1 saturated heterocycles. The molecule has 3 fully saturated rings. The monoisotopic (exact) mass is 357 g/mol. The molecule has 1 aromatic rings. The van der Waals surface area contributed by atoms with Crippen LogP contribution in [-0.4, -0.2) is 42.2 Å². The van der Waals surface area contributed by atoms with Gasteiger partial charge >= 0.3 is 0 Å². The van der Waals surface area contributed by atoms with Gasteiger partial charge in [0, 0.05) is 13.1 Å². The van der Waals surface area contributed by atoms with Gasteiger partial charge in [0.2, 0.25) is 5.91 Å². The summed E-state index contributed by atoms with van der Waals surface area (Å²) in [6.07, 6.45) is 9.18. The average Bonchev–Trinajstić information content (AvgIpc) is 2.72. The van der Waals surface area contributed by atoms with Crippen molar-refractivity contribution in [1.82, 2.24) is 4.90 Å². The number of rotatable bonds is 3. The number of carbonyl (C=O) groups excluding carboxylic acids is 1. The SMILES string of the molecule is COc1ccc(C2(C(=O)N3CCC4(CCC4O)CC3)CCCCC2)cc1. The van der Waals surface area contributed by atoms with Gasteiger partial charge in [-0.1, -0.05) is 31.4 Å². The van der Waals surface area contributed by atoms with Gasteiger partial charge in [-0.2, -0.15) is 0 Å². The number of hydrogen-bond acceptors (Lipinski definition) is 3. The van der Waals surface area contributed by atoms with Crippen LogP contribution in [0.4, 0.5) is 0 Å². The maximum absolute atomic E-state index is 13.7. The Hall–Kier alpha value is -1.55. The van der Waals surface area contributed by atoms with Gasteiger partial charge < -0.3 is 14.7 Å². The Labute approximate surface area is 156 Å². The van der Waals surface area contributed by atoms with Crippen molar-refractivity contribution in [1.29, 1.82) is 0 Å². The van der Waals surface area contributed by atoms with Crippen LogP contribution in [0.5, 0.6) is 5.75 Å². The summed E-state index contributed by atoms with van der Waals surface area (Å²) in [4.78, 5) is 15.8. The number of methoxy groups -OCH3 is 1. The van der Waals surface area contributed by atoms with Crippen molar-refractivity contribution < 1.29 is 14.6 Å². The van der Waals surface area contributed by atoms with E-state index in [1.165, 1.54) is 6.42 Å². The van der Waals surface area contributed by atoms with E-state index in [4.69, 9.17) is 4.74 Å². The fraction of sp³-hybridized carbons (Fsp3) is 0.682. The van der Waals surface area contributed by atoms with E-state index in [9.17, 15) is 9.90 Å². The van der Waals surface area contributed by atoms with E-state index in [1.807, 2.05) is 12.1 Å². The zero-order valence-electron chi connectivity index (χ0n) is 15.9. The number of benzene rings is 1. The number of amides is 1. The molecule has 1 spiro atoms. The molecule has 1 aliphatic heterocycles. The van der Waals surface area contributed by atoms with E-state index in [2.05, 4.69) is 17.0 Å². The number of likely N-dealkylation sites (tertiary alicyclic amines) is 1. The fourth-order valence-corrected chi connectivity index (χ4v) is 5.41. The first-order valence-corrected chi connectivity index (χ1v) is 10.2. The second kappa shape index (κ2) is 6.88. The van der Waals surface area contributed by atoms with Crippen molar-refractivity contribution in [2.75, 3.05) is 20.2 Å². The third kappa shape index (κ3) is 2.83. The lowest BCUT2D eigenvalue weighted by Crippen LogP contribution is -2.56. The lowest BCUT2D eigenvalue weighted by Gasteiger charge is -2.52. The molecule has 3 aliphatic rings. The second-order valence-corrected chi connectivity index (χ2v) is 8.58. The van der Waals surface area contributed by atoms with Gasteiger partial charge in [0.1, 0.15) is 5.75 Å². The van der Waals surface area contributed by atoms with Crippen molar-refractivity contribution in [3.05, 3.63) is 29.8 Å². The largest absolute Gasteiger partial charge is 0.497 e. The Morgan fingerprint density at radius 1 is 1.04 bits per heavy atom. The third-order valence-electron chi connectivity index (χ3n) is 7.43. The van der Waals surface area contributed by atoms with Crippen LogP contribution in [0.3, 0.4) is 0 Å². The molecule has 1 amide bonds. The minimum absolute atomic E-state index is 0.108. The van der Waals surface area contributed by atoms with Crippen LogP contribution in [0, 0.1) is 5.41 Å². The standard InChI is InChI=1S/C22H31NO3/c1-26-18-7-5-17(6-8-18)22(10-3-2-4-11-22)20(25)23-15-13-21(14-16-23)12-9-19(21)24/h5-8,19,24H,2-4,9-16H2,1H3. The highest BCUT2D eigenvalue weighted by molar-refractivity contribution is 5.88. The van der Waals surface area contributed by atoms with Crippen LogP contribution in [0.25, 0.3) is 0 Å². The number of aliphatic hydroxyl groups is 1. The van der Waals surface area contributed by atoms with E-state index >= 15 is 0 Å². The third-order valence-corrected chi connectivity index (χ3v) is 7.43. The van der Waals surface area contributed by atoms with Crippen LogP contribution in [0.2, 0.25) is 0 Å². The highest BCUT2D eigenvalue weighted by Gasteiger charge is 2.50. The summed E-state index contributed by atoms with van der Waals surface area (Å²) in [5.41, 5.74) is 0.885. The minimum atomic E-state index is -0.368. The molecule has 4 rings (SSSR count). The molecule has 1 atom stereocenters. The summed E-state index contributed by atoms with van der Waals surface area (Å²) in [5.74, 6) is 1.15. The molecule has 1 unspecified atom stereocenters. The molecular weight excluding hydrogens is 326 g/mol. The molecule has 4 nitrogen and oxygen atoms in total. The Bertz CT molecular complexity index is 640. The molecule has 1 N–H and O–H groups in total. The first kappa shape index (κ1) is 17.8.